The molecular weight excluding hydrogens is 273 g/mol. The maximum absolute atomic E-state index is 13.4. The van der Waals surface area contributed by atoms with Crippen LogP contribution in [-0.4, -0.2) is 24.6 Å². The van der Waals surface area contributed by atoms with Gasteiger partial charge in [0.05, 0.1) is 12.8 Å². The lowest BCUT2D eigenvalue weighted by Gasteiger charge is -2.23. The number of esters is 1. The van der Waals surface area contributed by atoms with E-state index in [2.05, 4.69) is 9.72 Å². The number of nitrogen functional groups attached to an aromatic ring is 1. The van der Waals surface area contributed by atoms with Crippen LogP contribution in [0.1, 0.15) is 17.4 Å². The minimum atomic E-state index is -0.549. The molecule has 0 atom stereocenters. The van der Waals surface area contributed by atoms with E-state index in [0.717, 1.165) is 0 Å². The molecule has 2 aromatic rings. The van der Waals surface area contributed by atoms with Crippen molar-refractivity contribution < 1.29 is 13.9 Å². The van der Waals surface area contributed by atoms with Crippen molar-refractivity contribution in [3.8, 4) is 0 Å². The van der Waals surface area contributed by atoms with E-state index in [1.165, 1.54) is 25.3 Å². The van der Waals surface area contributed by atoms with Gasteiger partial charge in [0.1, 0.15) is 5.82 Å². The highest BCUT2D eigenvalue weighted by Gasteiger charge is 2.16. The third-order valence-corrected chi connectivity index (χ3v) is 2.99. The molecule has 110 valence electrons. The van der Waals surface area contributed by atoms with Gasteiger partial charge in [-0.05, 0) is 37.3 Å². The minimum Gasteiger partial charge on any atom is -0.464 e. The average molecular weight is 289 g/mol. The molecule has 1 aromatic carbocycles. The summed E-state index contributed by atoms with van der Waals surface area (Å²) in [6.45, 7) is 2.40. The van der Waals surface area contributed by atoms with Crippen molar-refractivity contribution >= 4 is 23.2 Å². The lowest BCUT2D eigenvalue weighted by molar-refractivity contribution is 0.0594. The Morgan fingerprint density at radius 2 is 2.14 bits per heavy atom. The summed E-state index contributed by atoms with van der Waals surface area (Å²) in [5, 5.41) is 0. The lowest BCUT2D eigenvalue weighted by atomic mass is 10.2. The van der Waals surface area contributed by atoms with Crippen LogP contribution in [-0.2, 0) is 4.74 Å². The second kappa shape index (κ2) is 6.21. The smallest absolute Gasteiger partial charge is 0.356 e. The van der Waals surface area contributed by atoms with E-state index in [4.69, 9.17) is 5.73 Å². The third-order valence-electron chi connectivity index (χ3n) is 2.99. The second-order valence-corrected chi connectivity index (χ2v) is 4.33. The SMILES string of the molecule is CCN(c1cccc(F)c1)c1nc(C(=O)OC)ccc1N. The quantitative estimate of drug-likeness (QED) is 0.876. The van der Waals surface area contributed by atoms with Gasteiger partial charge in [-0.1, -0.05) is 6.07 Å². The summed E-state index contributed by atoms with van der Waals surface area (Å²) >= 11 is 0. The number of benzene rings is 1. The standard InChI is InChI=1S/C15H16FN3O2/c1-3-19(11-6-4-5-10(16)9-11)14-12(17)7-8-13(18-14)15(20)21-2/h4-9H,3,17H2,1-2H3. The number of carbonyl (C=O) groups is 1. The summed E-state index contributed by atoms with van der Waals surface area (Å²) in [5.74, 6) is -0.508. The van der Waals surface area contributed by atoms with Crippen LogP contribution in [0, 0.1) is 5.82 Å². The van der Waals surface area contributed by atoms with Gasteiger partial charge in [-0.25, -0.2) is 14.2 Å². The first-order valence-corrected chi connectivity index (χ1v) is 6.44. The zero-order valence-electron chi connectivity index (χ0n) is 11.8. The molecule has 0 bridgehead atoms. The monoisotopic (exact) mass is 289 g/mol. The number of ether oxygens (including phenoxy) is 1. The molecule has 0 radical (unpaired) electrons. The van der Waals surface area contributed by atoms with Crippen LogP contribution in [0.4, 0.5) is 21.6 Å². The largest absolute Gasteiger partial charge is 0.464 e. The van der Waals surface area contributed by atoms with Crippen molar-refractivity contribution in [1.29, 1.82) is 0 Å². The highest BCUT2D eigenvalue weighted by atomic mass is 19.1. The minimum absolute atomic E-state index is 0.150. The zero-order chi connectivity index (χ0) is 15.4. The topological polar surface area (TPSA) is 68.5 Å². The van der Waals surface area contributed by atoms with Crippen LogP contribution < -0.4 is 10.6 Å². The molecule has 0 aliphatic heterocycles. The fraction of sp³-hybridized carbons (Fsp3) is 0.200. The number of hydrogen-bond donors (Lipinski definition) is 1. The molecule has 0 unspecified atom stereocenters. The molecule has 2 rings (SSSR count). The van der Waals surface area contributed by atoms with Crippen LogP contribution in [0.3, 0.4) is 0 Å². The van der Waals surface area contributed by atoms with Gasteiger partial charge in [-0.15, -0.1) is 0 Å². The number of nitrogens with two attached hydrogens (primary N) is 1. The summed E-state index contributed by atoms with van der Waals surface area (Å²) in [7, 11) is 1.28. The van der Waals surface area contributed by atoms with E-state index in [-0.39, 0.29) is 11.5 Å². The van der Waals surface area contributed by atoms with Crippen molar-refractivity contribution in [2.45, 2.75) is 6.92 Å². The number of pyridine rings is 1. The highest BCUT2D eigenvalue weighted by molar-refractivity contribution is 5.89. The number of anilines is 3. The molecule has 6 heteroatoms. The van der Waals surface area contributed by atoms with E-state index in [1.54, 1.807) is 23.1 Å². The molecular formula is C15H16FN3O2. The van der Waals surface area contributed by atoms with Crippen LogP contribution in [0.15, 0.2) is 36.4 Å². The number of carbonyl (C=O) groups excluding carboxylic acids is 1. The molecule has 0 saturated heterocycles. The highest BCUT2D eigenvalue weighted by Crippen LogP contribution is 2.29. The van der Waals surface area contributed by atoms with Crippen LogP contribution in [0.2, 0.25) is 0 Å². The van der Waals surface area contributed by atoms with Crippen LogP contribution >= 0.6 is 0 Å². The molecule has 0 fully saturated rings. The Hall–Kier alpha value is -2.63. The molecule has 0 aliphatic rings. The Bertz CT molecular complexity index is 661. The fourth-order valence-corrected chi connectivity index (χ4v) is 1.99. The normalized spacial score (nSPS) is 10.2. The molecule has 1 aromatic heterocycles. The van der Waals surface area contributed by atoms with E-state index in [0.29, 0.717) is 23.7 Å². The Kier molecular flexibility index (Phi) is 4.37. The number of rotatable bonds is 4. The molecule has 5 nitrogen and oxygen atoms in total. The Labute approximate surface area is 122 Å². The molecule has 0 saturated carbocycles. The second-order valence-electron chi connectivity index (χ2n) is 4.33. The van der Waals surface area contributed by atoms with Crippen LogP contribution in [0.5, 0.6) is 0 Å². The summed E-state index contributed by atoms with van der Waals surface area (Å²) in [5.41, 5.74) is 7.09. The summed E-state index contributed by atoms with van der Waals surface area (Å²) in [6, 6.07) is 9.17. The van der Waals surface area contributed by atoms with Gasteiger partial charge >= 0.3 is 5.97 Å². The van der Waals surface area contributed by atoms with Gasteiger partial charge in [0, 0.05) is 12.2 Å². The van der Waals surface area contributed by atoms with Gasteiger partial charge in [0.2, 0.25) is 0 Å². The summed E-state index contributed by atoms with van der Waals surface area (Å²) in [6.07, 6.45) is 0. The zero-order valence-corrected chi connectivity index (χ0v) is 11.8. The molecule has 0 amide bonds. The molecule has 0 aliphatic carbocycles. The fourth-order valence-electron chi connectivity index (χ4n) is 1.99. The van der Waals surface area contributed by atoms with Crippen molar-refractivity contribution in [3.63, 3.8) is 0 Å². The van der Waals surface area contributed by atoms with Gasteiger partial charge in [0.25, 0.3) is 0 Å². The van der Waals surface area contributed by atoms with Crippen LogP contribution in [0.25, 0.3) is 0 Å². The lowest BCUT2D eigenvalue weighted by Crippen LogP contribution is -2.20. The van der Waals surface area contributed by atoms with E-state index in [1.807, 2.05) is 6.92 Å². The van der Waals surface area contributed by atoms with Crippen molar-refractivity contribution in [1.82, 2.24) is 4.98 Å². The number of nitrogens with zero attached hydrogens (tertiary/aromatic N) is 2. The molecule has 0 spiro atoms. The summed E-state index contributed by atoms with van der Waals surface area (Å²) < 4.78 is 18.0. The van der Waals surface area contributed by atoms with E-state index < -0.39 is 5.97 Å². The maximum Gasteiger partial charge on any atom is 0.356 e. The van der Waals surface area contributed by atoms with E-state index >= 15 is 0 Å². The van der Waals surface area contributed by atoms with Gasteiger partial charge in [-0.3, -0.25) is 0 Å². The van der Waals surface area contributed by atoms with Crippen molar-refractivity contribution in [2.24, 2.45) is 0 Å². The average Bonchev–Trinajstić information content (AvgIpc) is 2.49. The van der Waals surface area contributed by atoms with E-state index in [9.17, 15) is 9.18 Å². The van der Waals surface area contributed by atoms with Crippen molar-refractivity contribution in [3.05, 3.63) is 47.9 Å². The predicted molar refractivity (Wildman–Crippen MR) is 79.1 cm³/mol. The number of halogens is 1. The first-order valence-electron chi connectivity index (χ1n) is 6.44. The Balaban J connectivity index is 2.49. The van der Waals surface area contributed by atoms with Gasteiger partial charge in [0.15, 0.2) is 11.5 Å². The Morgan fingerprint density at radius 1 is 1.38 bits per heavy atom. The van der Waals surface area contributed by atoms with Crippen molar-refractivity contribution in [2.75, 3.05) is 24.3 Å². The molecule has 2 N–H and O–H groups in total. The summed E-state index contributed by atoms with van der Waals surface area (Å²) in [4.78, 5) is 17.5. The Morgan fingerprint density at radius 3 is 2.76 bits per heavy atom. The van der Waals surface area contributed by atoms with Gasteiger partial charge in [-0.2, -0.15) is 0 Å². The number of hydrogen-bond acceptors (Lipinski definition) is 5. The third kappa shape index (κ3) is 3.10. The van der Waals surface area contributed by atoms with Gasteiger partial charge < -0.3 is 15.4 Å². The molecule has 1 heterocycles. The number of aromatic nitrogens is 1. The first kappa shape index (κ1) is 14.8. The predicted octanol–water partition coefficient (Wildman–Crippen LogP) is 2.75. The molecule has 21 heavy (non-hydrogen) atoms. The number of methoxy groups -OCH3 is 1. The first-order chi connectivity index (χ1) is 10.1. The maximum atomic E-state index is 13.4.